The zero-order chi connectivity index (χ0) is 7.56. The molecule has 0 aromatic heterocycles. The second kappa shape index (κ2) is 2.95. The second-order valence-electron chi connectivity index (χ2n) is 2.36. The molecule has 56 valence electrons. The lowest BCUT2D eigenvalue weighted by atomic mass is 10.0. The molecular formula is C8H10F2. The average molecular weight is 144 g/mol. The van der Waals surface area contributed by atoms with Gasteiger partial charge in [-0.1, -0.05) is 13.0 Å². The highest BCUT2D eigenvalue weighted by Crippen LogP contribution is 2.23. The van der Waals surface area contributed by atoms with Gasteiger partial charge in [0.15, 0.2) is 0 Å². The lowest BCUT2D eigenvalue weighted by molar-refractivity contribution is 0.365. The Morgan fingerprint density at radius 3 is 2.90 bits per heavy atom. The summed E-state index contributed by atoms with van der Waals surface area (Å²) in [5.74, 6) is -0.294. The zero-order valence-electron chi connectivity index (χ0n) is 5.90. The van der Waals surface area contributed by atoms with Crippen molar-refractivity contribution in [3.8, 4) is 0 Å². The minimum atomic E-state index is -1.12. The van der Waals surface area contributed by atoms with Gasteiger partial charge in [-0.25, -0.2) is 8.78 Å². The molecular weight excluding hydrogens is 134 g/mol. The summed E-state index contributed by atoms with van der Waals surface area (Å²) in [5.41, 5.74) is 0.633. The van der Waals surface area contributed by atoms with Gasteiger partial charge in [0, 0.05) is 6.42 Å². The number of rotatable bonds is 1. The first kappa shape index (κ1) is 7.45. The van der Waals surface area contributed by atoms with Crippen molar-refractivity contribution in [2.45, 2.75) is 25.9 Å². The third-order valence-electron chi connectivity index (χ3n) is 1.61. The van der Waals surface area contributed by atoms with Crippen LogP contribution in [0.25, 0.3) is 0 Å². The fourth-order valence-corrected chi connectivity index (χ4v) is 0.991. The van der Waals surface area contributed by atoms with E-state index < -0.39 is 6.17 Å². The lowest BCUT2D eigenvalue weighted by Gasteiger charge is -2.09. The van der Waals surface area contributed by atoms with Gasteiger partial charge < -0.3 is 0 Å². The third-order valence-corrected chi connectivity index (χ3v) is 1.61. The van der Waals surface area contributed by atoms with Crippen LogP contribution in [0.5, 0.6) is 0 Å². The van der Waals surface area contributed by atoms with E-state index in [1.54, 1.807) is 0 Å². The Balaban J connectivity index is 2.73. The summed E-state index contributed by atoms with van der Waals surface area (Å²) >= 11 is 0. The molecule has 0 aromatic rings. The Hall–Kier alpha value is -0.660. The minimum Gasteiger partial charge on any atom is -0.242 e. The van der Waals surface area contributed by atoms with E-state index in [4.69, 9.17) is 0 Å². The van der Waals surface area contributed by atoms with E-state index in [-0.39, 0.29) is 12.2 Å². The minimum absolute atomic E-state index is 0.0698. The molecule has 0 saturated carbocycles. The van der Waals surface area contributed by atoms with E-state index in [1.165, 1.54) is 12.2 Å². The molecule has 0 heterocycles. The Morgan fingerprint density at radius 1 is 1.70 bits per heavy atom. The van der Waals surface area contributed by atoms with Crippen LogP contribution in [0, 0.1) is 0 Å². The maximum absolute atomic E-state index is 12.7. The van der Waals surface area contributed by atoms with Gasteiger partial charge in [0.2, 0.25) is 0 Å². The maximum Gasteiger partial charge on any atom is 0.125 e. The van der Waals surface area contributed by atoms with Gasteiger partial charge in [-0.2, -0.15) is 0 Å². The standard InChI is InChI=1S/C8H10F2/c1-2-6-3-4-7(9)5-8(6)10/h3-4,7H,2,5H2,1H3. The van der Waals surface area contributed by atoms with Crippen molar-refractivity contribution in [1.29, 1.82) is 0 Å². The lowest BCUT2D eigenvalue weighted by Crippen LogP contribution is -2.02. The highest BCUT2D eigenvalue weighted by molar-refractivity contribution is 5.27. The van der Waals surface area contributed by atoms with E-state index in [1.807, 2.05) is 6.92 Å². The van der Waals surface area contributed by atoms with Crippen LogP contribution in [0.3, 0.4) is 0 Å². The highest BCUT2D eigenvalue weighted by Gasteiger charge is 2.13. The molecule has 1 atom stereocenters. The van der Waals surface area contributed by atoms with Crippen LogP contribution >= 0.6 is 0 Å². The molecule has 0 amide bonds. The molecule has 1 rings (SSSR count). The van der Waals surface area contributed by atoms with Crippen LogP contribution in [0.1, 0.15) is 19.8 Å². The first-order valence-electron chi connectivity index (χ1n) is 3.44. The summed E-state index contributed by atoms with van der Waals surface area (Å²) in [6, 6.07) is 0. The molecule has 2 heteroatoms. The summed E-state index contributed by atoms with van der Waals surface area (Å²) < 4.78 is 25.1. The van der Waals surface area contributed by atoms with E-state index >= 15 is 0 Å². The third kappa shape index (κ3) is 1.43. The van der Waals surface area contributed by atoms with Crippen molar-refractivity contribution in [2.75, 3.05) is 0 Å². The quantitative estimate of drug-likeness (QED) is 0.530. The largest absolute Gasteiger partial charge is 0.242 e. The molecule has 0 radical (unpaired) electrons. The molecule has 1 aliphatic rings. The van der Waals surface area contributed by atoms with Gasteiger partial charge in [0.05, 0.1) is 0 Å². The van der Waals surface area contributed by atoms with Crippen LogP contribution in [0.2, 0.25) is 0 Å². The summed E-state index contributed by atoms with van der Waals surface area (Å²) in [5, 5.41) is 0. The molecule has 0 spiro atoms. The number of allylic oxidation sites excluding steroid dienone is 4. The molecule has 1 aliphatic carbocycles. The monoisotopic (exact) mass is 144 g/mol. The van der Waals surface area contributed by atoms with Gasteiger partial charge >= 0.3 is 0 Å². The van der Waals surface area contributed by atoms with Crippen LogP contribution in [-0.2, 0) is 0 Å². The molecule has 1 unspecified atom stereocenters. The molecule has 0 aromatic carbocycles. The molecule has 0 fully saturated rings. The van der Waals surface area contributed by atoms with Crippen LogP contribution < -0.4 is 0 Å². The Kier molecular flexibility index (Phi) is 2.20. The van der Waals surface area contributed by atoms with Crippen molar-refractivity contribution in [2.24, 2.45) is 0 Å². The number of hydrogen-bond donors (Lipinski definition) is 0. The fraction of sp³-hybridized carbons (Fsp3) is 0.500. The number of hydrogen-bond acceptors (Lipinski definition) is 0. The predicted molar refractivity (Wildman–Crippen MR) is 37.1 cm³/mol. The molecule has 0 bridgehead atoms. The topological polar surface area (TPSA) is 0 Å². The first-order chi connectivity index (χ1) is 4.74. The zero-order valence-corrected chi connectivity index (χ0v) is 5.90. The summed E-state index contributed by atoms with van der Waals surface area (Å²) in [6.07, 6.45) is 2.40. The van der Waals surface area contributed by atoms with Crippen LogP contribution in [-0.4, -0.2) is 6.17 Å². The molecule has 0 N–H and O–H groups in total. The molecule has 0 saturated heterocycles. The smallest absolute Gasteiger partial charge is 0.125 e. The van der Waals surface area contributed by atoms with E-state index in [2.05, 4.69) is 0 Å². The van der Waals surface area contributed by atoms with Gasteiger partial charge in [-0.15, -0.1) is 0 Å². The first-order valence-corrected chi connectivity index (χ1v) is 3.44. The molecule has 10 heavy (non-hydrogen) atoms. The normalized spacial score (nSPS) is 25.7. The SMILES string of the molecule is CCC1=C(F)CC(F)C=C1. The van der Waals surface area contributed by atoms with E-state index in [0.29, 0.717) is 12.0 Å². The van der Waals surface area contributed by atoms with Crippen molar-refractivity contribution >= 4 is 0 Å². The van der Waals surface area contributed by atoms with Crippen molar-refractivity contribution in [1.82, 2.24) is 0 Å². The van der Waals surface area contributed by atoms with Crippen molar-refractivity contribution in [3.05, 3.63) is 23.6 Å². The summed E-state index contributed by atoms with van der Waals surface area (Å²) in [4.78, 5) is 0. The highest BCUT2D eigenvalue weighted by atomic mass is 19.1. The van der Waals surface area contributed by atoms with Crippen molar-refractivity contribution in [3.63, 3.8) is 0 Å². The van der Waals surface area contributed by atoms with Crippen LogP contribution in [0.15, 0.2) is 23.6 Å². The fourth-order valence-electron chi connectivity index (χ4n) is 0.991. The summed E-state index contributed by atoms with van der Waals surface area (Å²) in [6.45, 7) is 1.86. The van der Waals surface area contributed by atoms with Gasteiger partial charge in [-0.3, -0.25) is 0 Å². The Morgan fingerprint density at radius 2 is 2.40 bits per heavy atom. The predicted octanol–water partition coefficient (Wildman–Crippen LogP) is 2.92. The van der Waals surface area contributed by atoms with Gasteiger partial charge in [0.25, 0.3) is 0 Å². The van der Waals surface area contributed by atoms with Gasteiger partial charge in [0.1, 0.15) is 12.0 Å². The number of halogens is 2. The van der Waals surface area contributed by atoms with E-state index in [9.17, 15) is 8.78 Å². The molecule has 0 aliphatic heterocycles. The van der Waals surface area contributed by atoms with Gasteiger partial charge in [-0.05, 0) is 18.1 Å². The van der Waals surface area contributed by atoms with Crippen LogP contribution in [0.4, 0.5) is 8.78 Å². The molecule has 0 nitrogen and oxygen atoms in total. The Bertz CT molecular complexity index is 180. The maximum atomic E-state index is 12.7. The second-order valence-corrected chi connectivity index (χ2v) is 2.36. The van der Waals surface area contributed by atoms with E-state index in [0.717, 1.165) is 0 Å². The summed E-state index contributed by atoms with van der Waals surface area (Å²) in [7, 11) is 0. The number of alkyl halides is 1. The van der Waals surface area contributed by atoms with Crippen molar-refractivity contribution < 1.29 is 8.78 Å². The Labute approximate surface area is 59.2 Å². The average Bonchev–Trinajstić information content (AvgIpc) is 1.88.